The molecule has 1 unspecified atom stereocenters. The van der Waals surface area contributed by atoms with Crippen molar-refractivity contribution < 1.29 is 54.0 Å². The maximum atomic E-state index is 10.4. The Balaban J connectivity index is 0.00000420. The van der Waals surface area contributed by atoms with Crippen molar-refractivity contribution in [3.63, 3.8) is 0 Å². The fourth-order valence-corrected chi connectivity index (χ4v) is 2.62. The number of benzene rings is 2. The van der Waals surface area contributed by atoms with Crippen molar-refractivity contribution in [2.75, 3.05) is 26.3 Å². The van der Waals surface area contributed by atoms with Gasteiger partial charge in [0.25, 0.3) is 0 Å². The van der Waals surface area contributed by atoms with E-state index in [-0.39, 0.29) is 36.2 Å². The third-order valence-electron chi connectivity index (χ3n) is 4.07. The predicted octanol–water partition coefficient (Wildman–Crippen LogP) is -1.36. The number of hydrogen-bond acceptors (Lipinski definition) is 6. The van der Waals surface area contributed by atoms with Gasteiger partial charge in [0.2, 0.25) is 0 Å². The first kappa shape index (κ1) is 25.2. The summed E-state index contributed by atoms with van der Waals surface area (Å²) < 4.78 is 10.6. The molecule has 0 aliphatic carbocycles. The molecule has 0 heterocycles. The zero-order valence-electron chi connectivity index (χ0n) is 17.0. The Labute approximate surface area is 193 Å². The van der Waals surface area contributed by atoms with Gasteiger partial charge in [-0.05, 0) is 55.3 Å². The van der Waals surface area contributed by atoms with Crippen molar-refractivity contribution >= 4 is 11.5 Å². The smallest absolute Gasteiger partial charge is 0.546 e. The number of carboxylic acid groups (broad SMARTS) is 1. The van der Waals surface area contributed by atoms with Crippen molar-refractivity contribution in [2.24, 2.45) is 0 Å². The van der Waals surface area contributed by atoms with Gasteiger partial charge < -0.3 is 29.8 Å². The van der Waals surface area contributed by atoms with E-state index in [1.807, 2.05) is 55.5 Å². The van der Waals surface area contributed by atoms with Gasteiger partial charge in [0, 0.05) is 6.54 Å². The topological polar surface area (TPSA) is 90.8 Å². The molecule has 0 spiro atoms. The Morgan fingerprint density at radius 2 is 1.76 bits per heavy atom. The van der Waals surface area contributed by atoms with Gasteiger partial charge in [-0.3, -0.25) is 0 Å². The molecule has 0 radical (unpaired) electrons. The summed E-state index contributed by atoms with van der Waals surface area (Å²) >= 11 is 0. The van der Waals surface area contributed by atoms with E-state index in [9.17, 15) is 15.0 Å². The Hall–Kier alpha value is -1.83. The molecule has 1 atom stereocenters. The van der Waals surface area contributed by atoms with Gasteiger partial charge in [-0.15, -0.1) is 0 Å². The standard InChI is InChI=1S/C22H27NO5.Na/c1-2-17(18-8-10-21(11-9-18)28-16-22(25)26)12-13-23-14-19(24)15-27-20-6-4-3-5-7-20;/h2-11,19,23-24H,12-16H2,1H3,(H,25,26);/q;+1/p-1/b17-2+;. The average molecular weight is 407 g/mol. The molecule has 0 bridgehead atoms. The second-order valence-corrected chi connectivity index (χ2v) is 6.23. The van der Waals surface area contributed by atoms with Crippen LogP contribution in [0.25, 0.3) is 5.57 Å². The number of para-hydroxylation sites is 1. The van der Waals surface area contributed by atoms with Gasteiger partial charge in [0.15, 0.2) is 0 Å². The van der Waals surface area contributed by atoms with Crippen molar-refractivity contribution in [3.05, 3.63) is 66.2 Å². The number of rotatable bonds is 12. The molecule has 150 valence electrons. The first-order chi connectivity index (χ1) is 13.6. The summed E-state index contributed by atoms with van der Waals surface area (Å²) in [6.07, 6.45) is 2.24. The van der Waals surface area contributed by atoms with Crippen LogP contribution in [0.2, 0.25) is 0 Å². The Bertz CT molecular complexity index is 750. The van der Waals surface area contributed by atoms with Crippen molar-refractivity contribution in [1.82, 2.24) is 5.32 Å². The van der Waals surface area contributed by atoms with Gasteiger partial charge in [0.05, 0.1) is 5.97 Å². The molecule has 2 N–H and O–H groups in total. The largest absolute Gasteiger partial charge is 1.00 e. The zero-order valence-corrected chi connectivity index (χ0v) is 19.0. The van der Waals surface area contributed by atoms with Crippen LogP contribution in [-0.4, -0.2) is 43.5 Å². The van der Waals surface area contributed by atoms with Gasteiger partial charge >= 0.3 is 29.6 Å². The molecule has 0 aliphatic heterocycles. The number of carbonyl (C=O) groups excluding carboxylic acids is 1. The summed E-state index contributed by atoms with van der Waals surface area (Å²) in [4.78, 5) is 10.4. The van der Waals surface area contributed by atoms with Gasteiger partial charge in [0.1, 0.15) is 30.8 Å². The number of aliphatic hydroxyl groups excluding tert-OH is 1. The summed E-state index contributed by atoms with van der Waals surface area (Å²) in [5.41, 5.74) is 2.19. The van der Waals surface area contributed by atoms with Gasteiger partial charge in [-0.2, -0.15) is 0 Å². The van der Waals surface area contributed by atoms with E-state index in [1.54, 1.807) is 12.1 Å². The van der Waals surface area contributed by atoms with Crippen LogP contribution >= 0.6 is 0 Å². The SMILES string of the molecule is C/C=C(\CCNCC(O)COc1ccccc1)c1ccc(OCC(=O)[O-])cc1.[Na+]. The number of aliphatic carboxylic acids is 1. The summed E-state index contributed by atoms with van der Waals surface area (Å²) in [6, 6.07) is 16.7. The van der Waals surface area contributed by atoms with Crippen LogP contribution in [0, 0.1) is 0 Å². The minimum Gasteiger partial charge on any atom is -0.546 e. The van der Waals surface area contributed by atoms with Crippen LogP contribution < -0.4 is 49.5 Å². The second-order valence-electron chi connectivity index (χ2n) is 6.23. The summed E-state index contributed by atoms with van der Waals surface area (Å²) in [5, 5.41) is 23.7. The fraction of sp³-hybridized carbons (Fsp3) is 0.318. The molecule has 0 aromatic heterocycles. The number of aliphatic hydroxyl groups is 1. The third kappa shape index (κ3) is 9.96. The molecule has 7 heteroatoms. The molecular formula is C22H26NNaO5. The molecule has 29 heavy (non-hydrogen) atoms. The zero-order chi connectivity index (χ0) is 20.2. The van der Waals surface area contributed by atoms with E-state index < -0.39 is 18.7 Å². The quantitative estimate of drug-likeness (QED) is 0.334. The Morgan fingerprint density at radius 1 is 1.10 bits per heavy atom. The van der Waals surface area contributed by atoms with Crippen molar-refractivity contribution in [3.8, 4) is 11.5 Å². The number of carbonyl (C=O) groups is 1. The predicted molar refractivity (Wildman–Crippen MR) is 106 cm³/mol. The molecule has 0 fully saturated rings. The number of ether oxygens (including phenoxy) is 2. The van der Waals surface area contributed by atoms with Gasteiger partial charge in [-0.25, -0.2) is 0 Å². The van der Waals surface area contributed by atoms with E-state index >= 15 is 0 Å². The Morgan fingerprint density at radius 3 is 2.38 bits per heavy atom. The summed E-state index contributed by atoms with van der Waals surface area (Å²) in [7, 11) is 0. The molecule has 0 saturated carbocycles. The van der Waals surface area contributed by atoms with E-state index in [1.165, 1.54) is 0 Å². The maximum Gasteiger partial charge on any atom is 1.00 e. The summed E-state index contributed by atoms with van der Waals surface area (Å²) in [6.45, 7) is 2.90. The van der Waals surface area contributed by atoms with Crippen LogP contribution in [-0.2, 0) is 4.79 Å². The van der Waals surface area contributed by atoms with Crippen LogP contribution in [0.3, 0.4) is 0 Å². The van der Waals surface area contributed by atoms with Gasteiger partial charge in [-0.1, -0.05) is 36.4 Å². The number of allylic oxidation sites excluding steroid dienone is 1. The first-order valence-corrected chi connectivity index (χ1v) is 9.23. The molecule has 0 aliphatic rings. The molecule has 2 aromatic rings. The van der Waals surface area contributed by atoms with E-state index in [2.05, 4.69) is 5.32 Å². The molecule has 0 amide bonds. The van der Waals surface area contributed by atoms with E-state index in [4.69, 9.17) is 9.47 Å². The molecular weight excluding hydrogens is 381 g/mol. The fourth-order valence-electron chi connectivity index (χ4n) is 2.62. The van der Waals surface area contributed by atoms with Crippen molar-refractivity contribution in [2.45, 2.75) is 19.4 Å². The Kier molecular flexibility index (Phi) is 12.3. The average Bonchev–Trinajstić information content (AvgIpc) is 2.72. The second kappa shape index (κ2) is 14.2. The first-order valence-electron chi connectivity index (χ1n) is 9.23. The van der Waals surface area contributed by atoms with Crippen LogP contribution in [0.4, 0.5) is 0 Å². The van der Waals surface area contributed by atoms with Crippen LogP contribution in [0.15, 0.2) is 60.7 Å². The number of carboxylic acids is 1. The van der Waals surface area contributed by atoms with Crippen LogP contribution in [0.5, 0.6) is 11.5 Å². The van der Waals surface area contributed by atoms with E-state index in [0.29, 0.717) is 18.8 Å². The molecule has 0 saturated heterocycles. The molecule has 6 nitrogen and oxygen atoms in total. The minimum atomic E-state index is -1.25. The number of hydrogen-bond donors (Lipinski definition) is 2. The summed E-state index contributed by atoms with van der Waals surface area (Å²) in [5.74, 6) is -0.0199. The van der Waals surface area contributed by atoms with E-state index in [0.717, 1.165) is 23.3 Å². The third-order valence-corrected chi connectivity index (χ3v) is 4.07. The molecule has 2 rings (SSSR count). The minimum absolute atomic E-state index is 0. The monoisotopic (exact) mass is 407 g/mol. The number of nitrogens with one attached hydrogen (secondary N) is 1. The normalized spacial score (nSPS) is 12.0. The molecule has 2 aromatic carbocycles. The maximum absolute atomic E-state index is 10.4. The van der Waals surface area contributed by atoms with Crippen molar-refractivity contribution in [1.29, 1.82) is 0 Å². The van der Waals surface area contributed by atoms with Crippen LogP contribution in [0.1, 0.15) is 18.9 Å².